The Kier molecular flexibility index (Phi) is 4.51. The topological polar surface area (TPSA) is 60.9 Å². The first-order chi connectivity index (χ1) is 11.5. The number of hydrogen-bond acceptors (Lipinski definition) is 3. The van der Waals surface area contributed by atoms with Gasteiger partial charge in [0.25, 0.3) is 0 Å². The molecule has 1 atom stereocenters. The fourth-order valence-corrected chi connectivity index (χ4v) is 3.14. The lowest BCUT2D eigenvalue weighted by Crippen LogP contribution is -2.57. The van der Waals surface area contributed by atoms with Crippen LogP contribution in [0, 0.1) is 5.82 Å². The third-order valence-corrected chi connectivity index (χ3v) is 4.70. The predicted molar refractivity (Wildman–Crippen MR) is 84.3 cm³/mol. The summed E-state index contributed by atoms with van der Waals surface area (Å²) in [5.74, 6) is -1.65. The molecule has 2 fully saturated rings. The molecule has 2 heterocycles. The van der Waals surface area contributed by atoms with Crippen LogP contribution in [-0.2, 0) is 14.4 Å². The quantitative estimate of drug-likeness (QED) is 0.766. The van der Waals surface area contributed by atoms with Crippen LogP contribution in [0.3, 0.4) is 0 Å². The van der Waals surface area contributed by atoms with Crippen molar-refractivity contribution in [3.05, 3.63) is 35.6 Å². The maximum Gasteiger partial charge on any atom is 0.312 e. The molecule has 128 valence electrons. The molecule has 6 nitrogen and oxygen atoms in total. The van der Waals surface area contributed by atoms with Crippen molar-refractivity contribution < 1.29 is 18.8 Å². The normalized spacial score (nSPS) is 21.1. The molecule has 7 heteroatoms. The minimum absolute atomic E-state index is 0.0826. The van der Waals surface area contributed by atoms with Gasteiger partial charge in [0.1, 0.15) is 12.4 Å². The number of rotatable bonds is 4. The Morgan fingerprint density at radius 2 is 1.71 bits per heavy atom. The average molecular weight is 333 g/mol. The summed E-state index contributed by atoms with van der Waals surface area (Å²) < 4.78 is 13.0. The molecule has 2 saturated heterocycles. The van der Waals surface area contributed by atoms with Crippen LogP contribution in [0.1, 0.15) is 24.9 Å². The van der Waals surface area contributed by atoms with Gasteiger partial charge in [-0.25, -0.2) is 4.39 Å². The molecule has 0 N–H and O–H groups in total. The number of carbonyl (C=O) groups is 3. The maximum atomic E-state index is 13.0. The second-order valence-corrected chi connectivity index (χ2v) is 6.05. The van der Waals surface area contributed by atoms with Gasteiger partial charge in [-0.2, -0.15) is 0 Å². The first-order valence-electron chi connectivity index (χ1n) is 8.14. The molecule has 3 amide bonds. The Balaban J connectivity index is 1.62. The standard InChI is InChI=1S/C17H20FN3O3/c1-2-19-9-10-20(17(24)16(19)23)11-15(22)21-8-7-14(21)12-3-5-13(18)6-4-12/h3-6,14H,2,7-11H2,1H3/t14-/m0/s1. The molecule has 0 aliphatic carbocycles. The van der Waals surface area contributed by atoms with Gasteiger partial charge in [0, 0.05) is 26.2 Å². The maximum absolute atomic E-state index is 13.0. The highest BCUT2D eigenvalue weighted by Crippen LogP contribution is 2.33. The molecule has 1 aromatic carbocycles. The number of amides is 3. The third-order valence-electron chi connectivity index (χ3n) is 4.70. The molecule has 2 aliphatic heterocycles. The van der Waals surface area contributed by atoms with Crippen LogP contribution in [0.15, 0.2) is 24.3 Å². The van der Waals surface area contributed by atoms with Crippen molar-refractivity contribution in [2.24, 2.45) is 0 Å². The van der Waals surface area contributed by atoms with Gasteiger partial charge in [-0.1, -0.05) is 12.1 Å². The SMILES string of the molecule is CCN1CCN(CC(=O)N2CC[C@H]2c2ccc(F)cc2)C(=O)C1=O. The van der Waals surface area contributed by atoms with Crippen molar-refractivity contribution in [2.75, 3.05) is 32.7 Å². The fraction of sp³-hybridized carbons (Fsp3) is 0.471. The Labute approximate surface area is 139 Å². The van der Waals surface area contributed by atoms with Gasteiger partial charge in [-0.05, 0) is 31.0 Å². The van der Waals surface area contributed by atoms with Gasteiger partial charge < -0.3 is 14.7 Å². The monoisotopic (exact) mass is 333 g/mol. The van der Waals surface area contributed by atoms with Crippen LogP contribution in [-0.4, -0.2) is 65.1 Å². The molecule has 3 rings (SSSR count). The highest BCUT2D eigenvalue weighted by molar-refractivity contribution is 6.35. The number of likely N-dealkylation sites (tertiary alicyclic amines) is 1. The van der Waals surface area contributed by atoms with Gasteiger partial charge in [-0.15, -0.1) is 0 Å². The van der Waals surface area contributed by atoms with E-state index in [4.69, 9.17) is 0 Å². The van der Waals surface area contributed by atoms with Gasteiger partial charge >= 0.3 is 11.8 Å². The van der Waals surface area contributed by atoms with Crippen molar-refractivity contribution >= 4 is 17.7 Å². The number of hydrogen-bond donors (Lipinski definition) is 0. The molecule has 0 spiro atoms. The average Bonchev–Trinajstić information content (AvgIpc) is 2.53. The Morgan fingerprint density at radius 3 is 2.29 bits per heavy atom. The molecule has 0 unspecified atom stereocenters. The van der Waals surface area contributed by atoms with Gasteiger partial charge in [-0.3, -0.25) is 14.4 Å². The van der Waals surface area contributed by atoms with Crippen molar-refractivity contribution in [1.29, 1.82) is 0 Å². The molecule has 1 aromatic rings. The highest BCUT2D eigenvalue weighted by atomic mass is 19.1. The summed E-state index contributed by atoms with van der Waals surface area (Å²) in [6.07, 6.45) is 0.813. The van der Waals surface area contributed by atoms with E-state index in [1.807, 2.05) is 6.92 Å². The van der Waals surface area contributed by atoms with E-state index in [0.29, 0.717) is 26.2 Å². The van der Waals surface area contributed by atoms with E-state index in [1.54, 1.807) is 17.0 Å². The summed E-state index contributed by atoms with van der Waals surface area (Å²) in [5.41, 5.74) is 0.884. The van der Waals surface area contributed by atoms with E-state index in [0.717, 1.165) is 12.0 Å². The van der Waals surface area contributed by atoms with E-state index in [2.05, 4.69) is 0 Å². The number of halogens is 1. The summed E-state index contributed by atoms with van der Waals surface area (Å²) in [6, 6.07) is 6.02. The molecule has 24 heavy (non-hydrogen) atoms. The van der Waals surface area contributed by atoms with Crippen LogP contribution < -0.4 is 0 Å². The zero-order valence-electron chi connectivity index (χ0n) is 13.6. The zero-order chi connectivity index (χ0) is 17.3. The minimum Gasteiger partial charge on any atom is -0.334 e. The van der Waals surface area contributed by atoms with E-state index in [-0.39, 0.29) is 24.3 Å². The van der Waals surface area contributed by atoms with Crippen LogP contribution in [0.5, 0.6) is 0 Å². The van der Waals surface area contributed by atoms with Crippen LogP contribution in [0.4, 0.5) is 4.39 Å². The predicted octanol–water partition coefficient (Wildman–Crippen LogP) is 0.790. The highest BCUT2D eigenvalue weighted by Gasteiger charge is 2.37. The first kappa shape index (κ1) is 16.4. The number of nitrogens with zero attached hydrogens (tertiary/aromatic N) is 3. The van der Waals surface area contributed by atoms with Crippen LogP contribution in [0.2, 0.25) is 0 Å². The van der Waals surface area contributed by atoms with Crippen molar-refractivity contribution in [3.63, 3.8) is 0 Å². The Hall–Kier alpha value is -2.44. The van der Waals surface area contributed by atoms with Crippen LogP contribution >= 0.6 is 0 Å². The Morgan fingerprint density at radius 1 is 1.08 bits per heavy atom. The molecule has 0 saturated carbocycles. The molecular formula is C17H20FN3O3. The number of benzene rings is 1. The number of carbonyl (C=O) groups excluding carboxylic acids is 3. The van der Waals surface area contributed by atoms with Crippen molar-refractivity contribution in [1.82, 2.24) is 14.7 Å². The number of piperazine rings is 1. The van der Waals surface area contributed by atoms with E-state index >= 15 is 0 Å². The van der Waals surface area contributed by atoms with E-state index in [1.165, 1.54) is 21.9 Å². The molecule has 0 radical (unpaired) electrons. The van der Waals surface area contributed by atoms with Crippen molar-refractivity contribution in [3.8, 4) is 0 Å². The third kappa shape index (κ3) is 2.98. The van der Waals surface area contributed by atoms with Crippen LogP contribution in [0.25, 0.3) is 0 Å². The fourth-order valence-electron chi connectivity index (χ4n) is 3.14. The second kappa shape index (κ2) is 6.59. The lowest BCUT2D eigenvalue weighted by molar-refractivity contribution is -0.158. The number of likely N-dealkylation sites (N-methyl/N-ethyl adjacent to an activating group) is 1. The molecule has 2 aliphatic rings. The minimum atomic E-state index is -0.615. The summed E-state index contributed by atoms with van der Waals surface area (Å²) >= 11 is 0. The van der Waals surface area contributed by atoms with Crippen molar-refractivity contribution in [2.45, 2.75) is 19.4 Å². The van der Waals surface area contributed by atoms with Gasteiger partial charge in [0.15, 0.2) is 0 Å². The smallest absolute Gasteiger partial charge is 0.312 e. The summed E-state index contributed by atoms with van der Waals surface area (Å²) in [4.78, 5) is 40.9. The molecule has 0 aromatic heterocycles. The Bertz CT molecular complexity index is 662. The first-order valence-corrected chi connectivity index (χ1v) is 8.14. The van der Waals surface area contributed by atoms with Gasteiger partial charge in [0.05, 0.1) is 6.04 Å². The lowest BCUT2D eigenvalue weighted by atomic mass is 9.94. The largest absolute Gasteiger partial charge is 0.334 e. The zero-order valence-corrected chi connectivity index (χ0v) is 13.6. The summed E-state index contributed by atoms with van der Waals surface area (Å²) in [6.45, 7) is 3.66. The summed E-state index contributed by atoms with van der Waals surface area (Å²) in [7, 11) is 0. The molecule has 0 bridgehead atoms. The summed E-state index contributed by atoms with van der Waals surface area (Å²) in [5, 5.41) is 0. The molecular weight excluding hydrogens is 313 g/mol. The van der Waals surface area contributed by atoms with E-state index in [9.17, 15) is 18.8 Å². The van der Waals surface area contributed by atoms with E-state index < -0.39 is 11.8 Å². The second-order valence-electron chi connectivity index (χ2n) is 6.05. The van der Waals surface area contributed by atoms with Gasteiger partial charge in [0.2, 0.25) is 5.91 Å². The lowest BCUT2D eigenvalue weighted by Gasteiger charge is -2.43.